The van der Waals surface area contributed by atoms with Crippen molar-refractivity contribution in [1.82, 2.24) is 9.97 Å². The minimum Gasteiger partial charge on any atom is -0.493 e. The summed E-state index contributed by atoms with van der Waals surface area (Å²) in [4.78, 5) is 17.1. The van der Waals surface area contributed by atoms with Crippen molar-refractivity contribution in [3.63, 3.8) is 0 Å². The molecule has 0 radical (unpaired) electrons. The Morgan fingerprint density at radius 1 is 1.28 bits per heavy atom. The van der Waals surface area contributed by atoms with Crippen molar-refractivity contribution in [2.45, 2.75) is 0 Å². The molecule has 0 spiro atoms. The van der Waals surface area contributed by atoms with Crippen molar-refractivity contribution in [1.29, 1.82) is 0 Å². The molecule has 0 fully saturated rings. The normalized spacial score (nSPS) is 12.1. The van der Waals surface area contributed by atoms with Crippen molar-refractivity contribution in [3.8, 4) is 5.88 Å². The van der Waals surface area contributed by atoms with E-state index in [0.29, 0.717) is 5.69 Å². The van der Waals surface area contributed by atoms with Crippen LogP contribution in [0, 0.1) is 0 Å². The van der Waals surface area contributed by atoms with Crippen LogP contribution < -0.4 is 9.86 Å². The van der Waals surface area contributed by atoms with Crippen molar-refractivity contribution in [3.05, 3.63) is 46.8 Å². The van der Waals surface area contributed by atoms with Crippen LogP contribution in [-0.4, -0.2) is 23.8 Å². The van der Waals surface area contributed by atoms with Gasteiger partial charge in [-0.05, 0) is 12.1 Å². The highest BCUT2D eigenvalue weighted by atomic mass is 32.2. The van der Waals surface area contributed by atoms with Crippen LogP contribution in [0.5, 0.6) is 5.88 Å². The Balaban J connectivity index is 2.55. The molecule has 0 aliphatic rings. The zero-order valence-corrected chi connectivity index (χ0v) is 9.79. The summed E-state index contributed by atoms with van der Waals surface area (Å²) in [5, 5.41) is 9.23. The Morgan fingerprint density at radius 3 is 2.50 bits per heavy atom. The fraction of sp³-hybridized carbons (Fsp3) is 0. The molecule has 2 rings (SSSR count). The monoisotopic (exact) mass is 267 g/mol. The maximum absolute atomic E-state index is 11.3. The van der Waals surface area contributed by atoms with Crippen molar-refractivity contribution in [2.75, 3.05) is 4.31 Å². The first-order valence-corrected chi connectivity index (χ1v) is 5.91. The minimum atomic E-state index is -2.43. The SMILES string of the molecule is O=c1cc(O)nc(N(c2ccccc2)S(=O)O)[nH]1. The van der Waals surface area contributed by atoms with Crippen LogP contribution in [0.1, 0.15) is 0 Å². The Labute approximate surface area is 104 Å². The van der Waals surface area contributed by atoms with E-state index < -0.39 is 22.7 Å². The van der Waals surface area contributed by atoms with Gasteiger partial charge in [0.05, 0.1) is 11.8 Å². The van der Waals surface area contributed by atoms with Crippen molar-refractivity contribution in [2.24, 2.45) is 0 Å². The first kappa shape index (κ1) is 12.3. The Bertz CT molecular complexity index is 629. The van der Waals surface area contributed by atoms with Crippen LogP contribution >= 0.6 is 0 Å². The molecule has 0 bridgehead atoms. The van der Waals surface area contributed by atoms with Gasteiger partial charge in [-0.15, -0.1) is 0 Å². The number of aromatic amines is 1. The summed E-state index contributed by atoms with van der Waals surface area (Å²) >= 11 is -2.43. The maximum atomic E-state index is 11.3. The molecule has 1 unspecified atom stereocenters. The van der Waals surface area contributed by atoms with Crippen LogP contribution in [0.4, 0.5) is 11.6 Å². The van der Waals surface area contributed by atoms with E-state index in [4.69, 9.17) is 0 Å². The molecule has 1 aromatic carbocycles. The third kappa shape index (κ3) is 2.55. The molecule has 1 heterocycles. The van der Waals surface area contributed by atoms with Crippen molar-refractivity contribution < 1.29 is 13.9 Å². The third-order valence-corrected chi connectivity index (χ3v) is 2.75. The smallest absolute Gasteiger partial charge is 0.269 e. The number of aromatic hydroxyl groups is 1. The van der Waals surface area contributed by atoms with Gasteiger partial charge in [-0.25, -0.2) is 8.51 Å². The fourth-order valence-electron chi connectivity index (χ4n) is 1.38. The molecule has 1 aromatic heterocycles. The first-order valence-electron chi connectivity index (χ1n) is 4.84. The van der Waals surface area contributed by atoms with E-state index in [2.05, 4.69) is 9.97 Å². The molecule has 3 N–H and O–H groups in total. The van der Waals surface area contributed by atoms with Gasteiger partial charge in [0.1, 0.15) is 0 Å². The highest BCUT2D eigenvalue weighted by molar-refractivity contribution is 7.81. The highest BCUT2D eigenvalue weighted by Gasteiger charge is 2.18. The Morgan fingerprint density at radius 2 is 1.94 bits per heavy atom. The average Bonchev–Trinajstić information content (AvgIpc) is 2.28. The highest BCUT2D eigenvalue weighted by Crippen LogP contribution is 2.22. The number of anilines is 2. The summed E-state index contributed by atoms with van der Waals surface area (Å²) in [5.41, 5.74) is -0.268. The molecule has 0 saturated carbocycles. The van der Waals surface area contributed by atoms with E-state index in [1.54, 1.807) is 30.3 Å². The second kappa shape index (κ2) is 4.98. The fourth-order valence-corrected chi connectivity index (χ4v) is 1.91. The van der Waals surface area contributed by atoms with Gasteiger partial charge in [-0.2, -0.15) is 4.98 Å². The van der Waals surface area contributed by atoms with Gasteiger partial charge in [-0.1, -0.05) is 18.2 Å². The van der Waals surface area contributed by atoms with Crippen LogP contribution in [0.25, 0.3) is 0 Å². The number of aromatic nitrogens is 2. The Hall–Kier alpha value is -2.19. The summed E-state index contributed by atoms with van der Waals surface area (Å²) in [6.07, 6.45) is 0. The largest absolute Gasteiger partial charge is 0.493 e. The van der Waals surface area contributed by atoms with Gasteiger partial charge in [-0.3, -0.25) is 14.3 Å². The van der Waals surface area contributed by atoms with E-state index in [9.17, 15) is 18.7 Å². The van der Waals surface area contributed by atoms with Gasteiger partial charge < -0.3 is 5.11 Å². The van der Waals surface area contributed by atoms with Gasteiger partial charge in [0, 0.05) is 0 Å². The molecule has 1 atom stereocenters. The minimum absolute atomic E-state index is 0.216. The van der Waals surface area contributed by atoms with E-state index in [1.165, 1.54) is 0 Å². The lowest BCUT2D eigenvalue weighted by molar-refractivity contribution is 0.451. The molecule has 0 amide bonds. The molecule has 18 heavy (non-hydrogen) atoms. The van der Waals surface area contributed by atoms with Gasteiger partial charge >= 0.3 is 0 Å². The van der Waals surface area contributed by atoms with E-state index in [-0.39, 0.29) is 5.95 Å². The van der Waals surface area contributed by atoms with E-state index in [0.717, 1.165) is 10.4 Å². The lowest BCUT2D eigenvalue weighted by Crippen LogP contribution is -2.24. The zero-order chi connectivity index (χ0) is 13.1. The summed E-state index contributed by atoms with van der Waals surface area (Å²) in [5.74, 6) is -0.743. The van der Waals surface area contributed by atoms with Gasteiger partial charge in [0.2, 0.25) is 11.8 Å². The average molecular weight is 267 g/mol. The third-order valence-electron chi connectivity index (χ3n) is 2.05. The molecule has 2 aromatic rings. The Kier molecular flexibility index (Phi) is 3.40. The van der Waals surface area contributed by atoms with Gasteiger partial charge in [0.15, 0.2) is 0 Å². The summed E-state index contributed by atoms with van der Waals surface area (Å²) in [6, 6.07) is 9.07. The molecule has 7 nitrogen and oxygen atoms in total. The first-order chi connectivity index (χ1) is 8.58. The number of rotatable bonds is 3. The predicted octanol–water partition coefficient (Wildman–Crippen LogP) is 0.750. The van der Waals surface area contributed by atoms with Crippen LogP contribution in [-0.2, 0) is 11.3 Å². The van der Waals surface area contributed by atoms with Crippen LogP contribution in [0.3, 0.4) is 0 Å². The van der Waals surface area contributed by atoms with Crippen LogP contribution in [0.15, 0.2) is 41.2 Å². The van der Waals surface area contributed by atoms with Gasteiger partial charge in [0.25, 0.3) is 16.8 Å². The standard InChI is InChI=1S/C10H9N3O4S/c14-8-6-9(15)12-10(11-8)13(18(16)17)7-4-2-1-3-5-7/h1-6H,(H,16,17)(H2,11,12,14,15). The number of hydrogen-bond acceptors (Lipinski definition) is 4. The second-order valence-electron chi connectivity index (χ2n) is 3.29. The number of H-pyrrole nitrogens is 1. The topological polar surface area (TPSA) is 107 Å². The summed E-state index contributed by atoms with van der Waals surface area (Å²) < 4.78 is 21.4. The molecule has 0 saturated heterocycles. The number of nitrogens with one attached hydrogen (secondary N) is 1. The number of hydrogen-bond donors (Lipinski definition) is 3. The van der Waals surface area contributed by atoms with Crippen LogP contribution in [0.2, 0.25) is 0 Å². The quantitative estimate of drug-likeness (QED) is 0.711. The molecule has 0 aliphatic carbocycles. The molecular formula is C10H9N3O4S. The summed E-state index contributed by atoms with van der Waals surface area (Å²) in [7, 11) is 0. The lowest BCUT2D eigenvalue weighted by atomic mass is 10.3. The summed E-state index contributed by atoms with van der Waals surface area (Å²) in [6.45, 7) is 0. The number of nitrogens with zero attached hydrogens (tertiary/aromatic N) is 2. The number of para-hydroxylation sites is 1. The second-order valence-corrected chi connectivity index (χ2v) is 4.11. The molecule has 94 valence electrons. The van der Waals surface area contributed by atoms with Crippen molar-refractivity contribution >= 4 is 22.9 Å². The van der Waals surface area contributed by atoms with E-state index in [1.807, 2.05) is 0 Å². The molecular weight excluding hydrogens is 258 g/mol. The lowest BCUT2D eigenvalue weighted by Gasteiger charge is -2.17. The predicted molar refractivity (Wildman–Crippen MR) is 65.9 cm³/mol. The maximum Gasteiger partial charge on any atom is 0.269 e. The number of benzene rings is 1. The zero-order valence-electron chi connectivity index (χ0n) is 8.98. The molecule has 8 heteroatoms. The van der Waals surface area contributed by atoms with E-state index >= 15 is 0 Å². The molecule has 0 aliphatic heterocycles.